The molecule has 0 saturated carbocycles. The first kappa shape index (κ1) is 17.9. The lowest BCUT2D eigenvalue weighted by molar-refractivity contribution is -0.0512. The second-order valence-electron chi connectivity index (χ2n) is 4.67. The van der Waals surface area contributed by atoms with Crippen LogP contribution in [0.2, 0.25) is 0 Å². The average molecular weight is 357 g/mol. The summed E-state index contributed by atoms with van der Waals surface area (Å²) in [5.41, 5.74) is 1.04. The third-order valence-electron chi connectivity index (χ3n) is 3.06. The molecule has 1 heterocycles. The van der Waals surface area contributed by atoms with E-state index in [1.54, 1.807) is 23.2 Å². The highest BCUT2D eigenvalue weighted by Crippen LogP contribution is 2.29. The van der Waals surface area contributed by atoms with E-state index in [4.69, 9.17) is 16.3 Å². The first-order chi connectivity index (χ1) is 11.5. The summed E-state index contributed by atoms with van der Waals surface area (Å²) in [5.74, 6) is 0.0678. The third-order valence-corrected chi connectivity index (χ3v) is 3.23. The second-order valence-corrected chi connectivity index (χ2v) is 5.05. The highest BCUT2D eigenvalue weighted by Gasteiger charge is 2.13. The van der Waals surface area contributed by atoms with E-state index >= 15 is 0 Å². The van der Waals surface area contributed by atoms with Gasteiger partial charge in [-0.1, -0.05) is 0 Å². The predicted molar refractivity (Wildman–Crippen MR) is 85.9 cm³/mol. The molecule has 8 heteroatoms. The summed E-state index contributed by atoms with van der Waals surface area (Å²) in [5, 5.41) is 4.09. The Morgan fingerprint density at radius 1 is 1.42 bits per heavy atom. The summed E-state index contributed by atoms with van der Waals surface area (Å²) in [6.45, 7) is -2.39. The van der Waals surface area contributed by atoms with Gasteiger partial charge in [0, 0.05) is 23.2 Å². The SMILES string of the molecule is COc1cc(C(=O)/C=C/c2cnn(CCCl)c2)ccc1OC(F)F. The molecule has 0 N–H and O–H groups in total. The standard InChI is InChI=1S/C16H15ClF2N2O3/c1-23-15-8-12(3-5-14(15)24-16(18)19)13(22)4-2-11-9-20-21(10-11)7-6-17/h2-5,8-10,16H,6-7H2,1H3/b4-2+. The maximum absolute atomic E-state index is 12.3. The number of rotatable bonds is 8. The number of halogens is 3. The Morgan fingerprint density at radius 2 is 2.21 bits per heavy atom. The molecule has 0 aliphatic heterocycles. The molecule has 0 saturated heterocycles. The molecule has 2 aromatic rings. The van der Waals surface area contributed by atoms with Crippen molar-refractivity contribution in [1.82, 2.24) is 9.78 Å². The normalized spacial score (nSPS) is 11.2. The van der Waals surface area contributed by atoms with Gasteiger partial charge in [0.15, 0.2) is 17.3 Å². The monoisotopic (exact) mass is 356 g/mol. The molecule has 1 aromatic heterocycles. The van der Waals surface area contributed by atoms with E-state index in [0.29, 0.717) is 12.4 Å². The molecule has 1 aromatic carbocycles. The van der Waals surface area contributed by atoms with Gasteiger partial charge in [-0.3, -0.25) is 9.48 Å². The average Bonchev–Trinajstić information content (AvgIpc) is 3.00. The van der Waals surface area contributed by atoms with Crippen LogP contribution in [0.1, 0.15) is 15.9 Å². The van der Waals surface area contributed by atoms with Gasteiger partial charge < -0.3 is 9.47 Å². The van der Waals surface area contributed by atoms with Gasteiger partial charge >= 0.3 is 6.61 Å². The van der Waals surface area contributed by atoms with E-state index < -0.39 is 6.61 Å². The van der Waals surface area contributed by atoms with Gasteiger partial charge in [-0.05, 0) is 30.4 Å². The van der Waals surface area contributed by atoms with Crippen LogP contribution < -0.4 is 9.47 Å². The molecule has 24 heavy (non-hydrogen) atoms. The van der Waals surface area contributed by atoms with Crippen molar-refractivity contribution < 1.29 is 23.0 Å². The van der Waals surface area contributed by atoms with Crippen molar-refractivity contribution in [1.29, 1.82) is 0 Å². The molecule has 128 valence electrons. The quantitative estimate of drug-likeness (QED) is 0.412. The van der Waals surface area contributed by atoms with Gasteiger partial charge in [0.1, 0.15) is 0 Å². The Bertz CT molecular complexity index is 732. The molecule has 0 radical (unpaired) electrons. The molecule has 0 atom stereocenters. The third kappa shape index (κ3) is 4.79. The van der Waals surface area contributed by atoms with Crippen LogP contribution in [0, 0.1) is 0 Å². The van der Waals surface area contributed by atoms with Crippen LogP contribution in [0.25, 0.3) is 6.08 Å². The van der Waals surface area contributed by atoms with Crippen LogP contribution >= 0.6 is 11.6 Å². The van der Waals surface area contributed by atoms with Crippen LogP contribution in [0.15, 0.2) is 36.7 Å². The second kappa shape index (κ2) is 8.44. The summed E-state index contributed by atoms with van der Waals surface area (Å²) < 4.78 is 35.5. The van der Waals surface area contributed by atoms with Crippen LogP contribution in [0.3, 0.4) is 0 Å². The molecule has 0 spiro atoms. The van der Waals surface area contributed by atoms with Crippen LogP contribution in [-0.2, 0) is 6.54 Å². The summed E-state index contributed by atoms with van der Waals surface area (Å²) in [6, 6.07) is 4.01. The summed E-state index contributed by atoms with van der Waals surface area (Å²) in [6.07, 6.45) is 6.34. The lowest BCUT2D eigenvalue weighted by atomic mass is 10.1. The number of methoxy groups -OCH3 is 1. The fourth-order valence-corrected chi connectivity index (χ4v) is 2.13. The number of aryl methyl sites for hydroxylation is 1. The zero-order valence-electron chi connectivity index (χ0n) is 12.8. The molecule has 5 nitrogen and oxygen atoms in total. The number of ketones is 1. The van der Waals surface area contributed by atoms with E-state index in [9.17, 15) is 13.6 Å². The first-order valence-electron chi connectivity index (χ1n) is 6.97. The van der Waals surface area contributed by atoms with Gasteiger partial charge in [-0.15, -0.1) is 11.6 Å². The molecule has 0 fully saturated rings. The lowest BCUT2D eigenvalue weighted by Crippen LogP contribution is -2.04. The fourth-order valence-electron chi connectivity index (χ4n) is 1.96. The number of aromatic nitrogens is 2. The summed E-state index contributed by atoms with van der Waals surface area (Å²) >= 11 is 5.62. The van der Waals surface area contributed by atoms with Crippen molar-refractivity contribution in [3.05, 3.63) is 47.8 Å². The molecular formula is C16H15ClF2N2O3. The van der Waals surface area contributed by atoms with E-state index in [1.165, 1.54) is 31.4 Å². The fraction of sp³-hybridized carbons (Fsp3) is 0.250. The van der Waals surface area contributed by atoms with Crippen LogP contribution in [-0.4, -0.2) is 35.2 Å². The number of carbonyl (C=O) groups excluding carboxylic acids is 1. The highest BCUT2D eigenvalue weighted by molar-refractivity contribution is 6.17. The minimum atomic E-state index is -2.97. The summed E-state index contributed by atoms with van der Waals surface area (Å²) in [7, 11) is 1.31. The first-order valence-corrected chi connectivity index (χ1v) is 7.50. The van der Waals surface area contributed by atoms with Crippen molar-refractivity contribution in [3.63, 3.8) is 0 Å². The Hall–Kier alpha value is -2.41. The Kier molecular flexibility index (Phi) is 6.31. The maximum atomic E-state index is 12.3. The van der Waals surface area contributed by atoms with Crippen molar-refractivity contribution in [2.45, 2.75) is 13.2 Å². The number of nitrogens with zero attached hydrogens (tertiary/aromatic N) is 2. The van der Waals surface area contributed by atoms with Crippen molar-refractivity contribution in [3.8, 4) is 11.5 Å². The molecule has 0 amide bonds. The minimum Gasteiger partial charge on any atom is -0.493 e. The minimum absolute atomic E-state index is 0.0597. The van der Waals surface area contributed by atoms with Gasteiger partial charge in [-0.25, -0.2) is 0 Å². The predicted octanol–water partition coefficient (Wildman–Crippen LogP) is 3.63. The topological polar surface area (TPSA) is 53.3 Å². The summed E-state index contributed by atoms with van der Waals surface area (Å²) in [4.78, 5) is 12.2. The number of allylic oxidation sites excluding steroid dienone is 1. The zero-order valence-corrected chi connectivity index (χ0v) is 13.5. The number of alkyl halides is 3. The van der Waals surface area contributed by atoms with Crippen molar-refractivity contribution in [2.75, 3.05) is 13.0 Å². The van der Waals surface area contributed by atoms with Crippen LogP contribution in [0.5, 0.6) is 11.5 Å². The van der Waals surface area contributed by atoms with E-state index in [2.05, 4.69) is 9.84 Å². The van der Waals surface area contributed by atoms with Gasteiger partial charge in [-0.2, -0.15) is 13.9 Å². The van der Waals surface area contributed by atoms with Crippen molar-refractivity contribution in [2.24, 2.45) is 0 Å². The molecule has 0 aliphatic rings. The maximum Gasteiger partial charge on any atom is 0.387 e. The smallest absolute Gasteiger partial charge is 0.387 e. The van der Waals surface area contributed by atoms with E-state index in [0.717, 1.165) is 5.56 Å². The zero-order chi connectivity index (χ0) is 17.5. The molecule has 0 bridgehead atoms. The Labute approximate surface area is 142 Å². The number of hydrogen-bond acceptors (Lipinski definition) is 4. The van der Waals surface area contributed by atoms with E-state index in [1.807, 2.05) is 0 Å². The number of carbonyl (C=O) groups is 1. The van der Waals surface area contributed by atoms with Gasteiger partial charge in [0.05, 0.1) is 19.9 Å². The van der Waals surface area contributed by atoms with Gasteiger partial charge in [0.2, 0.25) is 0 Å². The Balaban J connectivity index is 2.12. The van der Waals surface area contributed by atoms with Crippen LogP contribution in [0.4, 0.5) is 8.78 Å². The lowest BCUT2D eigenvalue weighted by Gasteiger charge is -2.10. The van der Waals surface area contributed by atoms with Gasteiger partial charge in [0.25, 0.3) is 0 Å². The Morgan fingerprint density at radius 3 is 2.88 bits per heavy atom. The number of hydrogen-bond donors (Lipinski definition) is 0. The molecule has 2 rings (SSSR count). The number of benzene rings is 1. The molecule has 0 unspecified atom stereocenters. The van der Waals surface area contributed by atoms with Crippen molar-refractivity contribution >= 4 is 23.5 Å². The number of ether oxygens (including phenoxy) is 2. The largest absolute Gasteiger partial charge is 0.493 e. The molecule has 0 aliphatic carbocycles. The molecular weight excluding hydrogens is 342 g/mol. The van der Waals surface area contributed by atoms with E-state index in [-0.39, 0.29) is 22.8 Å². The highest BCUT2D eigenvalue weighted by atomic mass is 35.5.